The van der Waals surface area contributed by atoms with E-state index in [4.69, 9.17) is 17.3 Å². The van der Waals surface area contributed by atoms with Crippen LogP contribution in [0.5, 0.6) is 0 Å². The van der Waals surface area contributed by atoms with E-state index in [1.54, 1.807) is 0 Å². The molecule has 1 aromatic carbocycles. The van der Waals surface area contributed by atoms with Crippen LogP contribution in [0.1, 0.15) is 24.6 Å². The summed E-state index contributed by atoms with van der Waals surface area (Å²) in [6.45, 7) is 2.68. The molecule has 0 bridgehead atoms. The molecule has 0 aliphatic rings. The molecule has 0 unspecified atom stereocenters. The van der Waals surface area contributed by atoms with E-state index in [9.17, 15) is 0 Å². The summed E-state index contributed by atoms with van der Waals surface area (Å²) >= 11 is 5.88. The maximum Gasteiger partial charge on any atom is 0.0649 e. The minimum absolute atomic E-state index is 0.531. The lowest BCUT2D eigenvalue weighted by Crippen LogP contribution is -2.05. The summed E-state index contributed by atoms with van der Waals surface area (Å²) in [5, 5.41) is 5.13. The standard InChI is InChI=1S/C13H16ClN3/c1-2-3-13-10(8-15)9-16-17(13)12-6-4-11(14)5-7-12/h4-7,9H,2-3,8,15H2,1H3. The van der Waals surface area contributed by atoms with Crippen molar-refractivity contribution in [3.63, 3.8) is 0 Å². The third-order valence-electron chi connectivity index (χ3n) is 2.73. The summed E-state index contributed by atoms with van der Waals surface area (Å²) < 4.78 is 1.95. The Balaban J connectivity index is 2.43. The van der Waals surface area contributed by atoms with Crippen molar-refractivity contribution in [1.29, 1.82) is 0 Å². The smallest absolute Gasteiger partial charge is 0.0649 e. The SMILES string of the molecule is CCCc1c(CN)cnn1-c1ccc(Cl)cc1. The van der Waals surface area contributed by atoms with Crippen LogP contribution >= 0.6 is 11.6 Å². The third-order valence-corrected chi connectivity index (χ3v) is 2.99. The highest BCUT2D eigenvalue weighted by molar-refractivity contribution is 6.30. The second-order valence-electron chi connectivity index (χ2n) is 3.96. The fourth-order valence-electron chi connectivity index (χ4n) is 1.89. The van der Waals surface area contributed by atoms with Gasteiger partial charge in [0.1, 0.15) is 0 Å². The van der Waals surface area contributed by atoms with Gasteiger partial charge in [-0.1, -0.05) is 24.9 Å². The van der Waals surface area contributed by atoms with E-state index >= 15 is 0 Å². The van der Waals surface area contributed by atoms with Crippen molar-refractivity contribution >= 4 is 11.6 Å². The highest BCUT2D eigenvalue weighted by atomic mass is 35.5. The van der Waals surface area contributed by atoms with Crippen LogP contribution in [0.15, 0.2) is 30.5 Å². The van der Waals surface area contributed by atoms with Crippen molar-refractivity contribution < 1.29 is 0 Å². The number of nitrogens with two attached hydrogens (primary N) is 1. The Morgan fingerprint density at radius 1 is 1.29 bits per heavy atom. The minimum Gasteiger partial charge on any atom is -0.326 e. The van der Waals surface area contributed by atoms with E-state index in [2.05, 4.69) is 12.0 Å². The monoisotopic (exact) mass is 249 g/mol. The highest BCUT2D eigenvalue weighted by Crippen LogP contribution is 2.18. The van der Waals surface area contributed by atoms with E-state index in [1.807, 2.05) is 35.1 Å². The van der Waals surface area contributed by atoms with Gasteiger partial charge in [-0.05, 0) is 30.7 Å². The Morgan fingerprint density at radius 3 is 2.59 bits per heavy atom. The summed E-state index contributed by atoms with van der Waals surface area (Å²) in [4.78, 5) is 0. The number of aromatic nitrogens is 2. The first-order chi connectivity index (χ1) is 8.26. The van der Waals surface area contributed by atoms with Crippen molar-refractivity contribution in [3.05, 3.63) is 46.7 Å². The van der Waals surface area contributed by atoms with E-state index in [0.29, 0.717) is 6.54 Å². The first kappa shape index (κ1) is 12.1. The number of halogens is 1. The Labute approximate surface area is 106 Å². The molecule has 3 nitrogen and oxygen atoms in total. The fraction of sp³-hybridized carbons (Fsp3) is 0.308. The van der Waals surface area contributed by atoms with Gasteiger partial charge in [-0.3, -0.25) is 0 Å². The molecule has 2 N–H and O–H groups in total. The number of benzene rings is 1. The molecule has 0 saturated heterocycles. The summed E-state index contributed by atoms with van der Waals surface area (Å²) in [6, 6.07) is 7.68. The zero-order valence-corrected chi connectivity index (χ0v) is 10.6. The Kier molecular flexibility index (Phi) is 3.82. The van der Waals surface area contributed by atoms with Gasteiger partial charge >= 0.3 is 0 Å². The Hall–Kier alpha value is -1.32. The van der Waals surface area contributed by atoms with Gasteiger partial charge in [0.05, 0.1) is 11.9 Å². The molecule has 90 valence electrons. The predicted octanol–water partition coefficient (Wildman–Crippen LogP) is 2.94. The highest BCUT2D eigenvalue weighted by Gasteiger charge is 2.10. The zero-order valence-electron chi connectivity index (χ0n) is 9.86. The van der Waals surface area contributed by atoms with Gasteiger partial charge in [-0.25, -0.2) is 4.68 Å². The molecule has 1 heterocycles. The number of hydrogen-bond acceptors (Lipinski definition) is 2. The lowest BCUT2D eigenvalue weighted by atomic mass is 10.1. The van der Waals surface area contributed by atoms with Crippen LogP contribution in [0.3, 0.4) is 0 Å². The van der Waals surface area contributed by atoms with Crippen LogP contribution < -0.4 is 5.73 Å². The summed E-state index contributed by atoms with van der Waals surface area (Å²) in [5.74, 6) is 0. The third kappa shape index (κ3) is 2.51. The second kappa shape index (κ2) is 5.34. The van der Waals surface area contributed by atoms with Crippen LogP contribution in [-0.2, 0) is 13.0 Å². The molecule has 0 aliphatic carbocycles. The Bertz CT molecular complexity index is 488. The van der Waals surface area contributed by atoms with Gasteiger partial charge in [-0.15, -0.1) is 0 Å². The van der Waals surface area contributed by atoms with E-state index in [0.717, 1.165) is 29.1 Å². The molecular weight excluding hydrogens is 234 g/mol. The maximum atomic E-state index is 5.88. The number of hydrogen-bond donors (Lipinski definition) is 1. The van der Waals surface area contributed by atoms with Gasteiger partial charge in [0.15, 0.2) is 0 Å². The van der Waals surface area contributed by atoms with Crippen molar-refractivity contribution in [1.82, 2.24) is 9.78 Å². The van der Waals surface area contributed by atoms with E-state index in [1.165, 1.54) is 5.69 Å². The molecule has 4 heteroatoms. The predicted molar refractivity (Wildman–Crippen MR) is 70.5 cm³/mol. The second-order valence-corrected chi connectivity index (χ2v) is 4.40. The fourth-order valence-corrected chi connectivity index (χ4v) is 2.01. The molecule has 0 saturated carbocycles. The Morgan fingerprint density at radius 2 is 2.00 bits per heavy atom. The van der Waals surface area contributed by atoms with Crippen molar-refractivity contribution in [2.24, 2.45) is 5.73 Å². The largest absolute Gasteiger partial charge is 0.326 e. The average molecular weight is 250 g/mol. The molecule has 2 rings (SSSR count). The first-order valence-corrected chi connectivity index (χ1v) is 6.15. The molecule has 0 spiro atoms. The van der Waals surface area contributed by atoms with Crippen molar-refractivity contribution in [3.8, 4) is 5.69 Å². The van der Waals surface area contributed by atoms with Gasteiger partial charge in [-0.2, -0.15) is 5.10 Å². The van der Waals surface area contributed by atoms with Crippen molar-refractivity contribution in [2.75, 3.05) is 0 Å². The zero-order chi connectivity index (χ0) is 12.3. The molecule has 0 fully saturated rings. The number of nitrogens with zero attached hydrogens (tertiary/aromatic N) is 2. The average Bonchev–Trinajstić information content (AvgIpc) is 2.74. The van der Waals surface area contributed by atoms with Crippen LogP contribution in [0.4, 0.5) is 0 Å². The summed E-state index contributed by atoms with van der Waals surface area (Å²) in [6.07, 6.45) is 3.90. The van der Waals surface area contributed by atoms with Gasteiger partial charge < -0.3 is 5.73 Å². The summed E-state index contributed by atoms with van der Waals surface area (Å²) in [7, 11) is 0. The normalized spacial score (nSPS) is 10.8. The van der Waals surface area contributed by atoms with Gasteiger partial charge in [0.2, 0.25) is 0 Å². The van der Waals surface area contributed by atoms with Crippen LogP contribution in [0.25, 0.3) is 5.69 Å². The minimum atomic E-state index is 0.531. The molecule has 17 heavy (non-hydrogen) atoms. The van der Waals surface area contributed by atoms with Crippen molar-refractivity contribution in [2.45, 2.75) is 26.3 Å². The van der Waals surface area contributed by atoms with Gasteiger partial charge in [0, 0.05) is 22.8 Å². The quantitative estimate of drug-likeness (QED) is 0.906. The van der Waals surface area contributed by atoms with Gasteiger partial charge in [0.25, 0.3) is 0 Å². The number of rotatable bonds is 4. The van der Waals surface area contributed by atoms with Crippen LogP contribution in [-0.4, -0.2) is 9.78 Å². The molecule has 0 radical (unpaired) electrons. The topological polar surface area (TPSA) is 43.8 Å². The maximum absolute atomic E-state index is 5.88. The van der Waals surface area contributed by atoms with Crippen LogP contribution in [0.2, 0.25) is 5.02 Å². The lowest BCUT2D eigenvalue weighted by molar-refractivity contribution is 0.767. The van der Waals surface area contributed by atoms with Crippen LogP contribution in [0, 0.1) is 0 Å². The first-order valence-electron chi connectivity index (χ1n) is 5.78. The molecule has 0 aliphatic heterocycles. The van der Waals surface area contributed by atoms with E-state index in [-0.39, 0.29) is 0 Å². The molecular formula is C13H16ClN3. The molecule has 1 aromatic heterocycles. The molecule has 0 amide bonds. The molecule has 0 atom stereocenters. The summed E-state index contributed by atoms with van der Waals surface area (Å²) in [5.41, 5.74) is 9.05. The lowest BCUT2D eigenvalue weighted by Gasteiger charge is -2.08. The van der Waals surface area contributed by atoms with E-state index < -0.39 is 0 Å². The molecule has 2 aromatic rings.